The SMILES string of the molecule is O=C(O)C1(C(=O)NCCc2cccs2)COC1. The quantitative estimate of drug-likeness (QED) is 0.752. The number of carboxylic acids is 1. The highest BCUT2D eigenvalue weighted by Gasteiger charge is 2.53. The standard InChI is InChI=1S/C11H13NO4S/c13-9(11(10(14)15)6-16-7-11)12-4-3-8-2-1-5-17-8/h1-2,5H,3-4,6-7H2,(H,12,13)(H,14,15). The Labute approximate surface area is 102 Å². The first-order chi connectivity index (χ1) is 8.15. The van der Waals surface area contributed by atoms with Crippen LogP contribution in [0.15, 0.2) is 17.5 Å². The van der Waals surface area contributed by atoms with Gasteiger partial charge >= 0.3 is 5.97 Å². The van der Waals surface area contributed by atoms with Crippen LogP contribution in [-0.4, -0.2) is 36.7 Å². The Bertz CT molecular complexity index is 411. The molecule has 6 heteroatoms. The van der Waals surface area contributed by atoms with Crippen LogP contribution in [0.5, 0.6) is 0 Å². The second-order valence-electron chi connectivity index (χ2n) is 3.97. The summed E-state index contributed by atoms with van der Waals surface area (Å²) in [6, 6.07) is 3.93. The number of carboxylic acid groups (broad SMARTS) is 1. The molecule has 5 nitrogen and oxygen atoms in total. The van der Waals surface area contributed by atoms with Crippen molar-refractivity contribution < 1.29 is 19.4 Å². The van der Waals surface area contributed by atoms with Crippen LogP contribution in [0.3, 0.4) is 0 Å². The van der Waals surface area contributed by atoms with E-state index in [0.29, 0.717) is 6.54 Å². The van der Waals surface area contributed by atoms with Gasteiger partial charge in [-0.3, -0.25) is 9.59 Å². The molecule has 0 bridgehead atoms. The first-order valence-corrected chi connectivity index (χ1v) is 6.15. The molecule has 17 heavy (non-hydrogen) atoms. The van der Waals surface area contributed by atoms with Crippen molar-refractivity contribution in [2.45, 2.75) is 6.42 Å². The molecular formula is C11H13NO4S. The first-order valence-electron chi connectivity index (χ1n) is 5.27. The Morgan fingerprint density at radius 1 is 1.53 bits per heavy atom. The zero-order chi connectivity index (χ0) is 12.3. The molecule has 1 aliphatic rings. The largest absolute Gasteiger partial charge is 0.480 e. The van der Waals surface area contributed by atoms with Crippen LogP contribution >= 0.6 is 11.3 Å². The average molecular weight is 255 g/mol. The van der Waals surface area contributed by atoms with Crippen molar-refractivity contribution >= 4 is 23.2 Å². The Morgan fingerprint density at radius 3 is 2.76 bits per heavy atom. The van der Waals surface area contributed by atoms with Crippen LogP contribution in [0.25, 0.3) is 0 Å². The van der Waals surface area contributed by atoms with Crippen LogP contribution < -0.4 is 5.32 Å². The molecule has 2 rings (SSSR count). The lowest BCUT2D eigenvalue weighted by atomic mass is 9.85. The Morgan fingerprint density at radius 2 is 2.29 bits per heavy atom. The van der Waals surface area contributed by atoms with Crippen molar-refractivity contribution in [3.05, 3.63) is 22.4 Å². The van der Waals surface area contributed by atoms with E-state index in [1.165, 1.54) is 4.88 Å². The van der Waals surface area contributed by atoms with E-state index in [0.717, 1.165) is 6.42 Å². The molecule has 0 atom stereocenters. The lowest BCUT2D eigenvalue weighted by Crippen LogP contribution is -2.59. The van der Waals surface area contributed by atoms with E-state index in [4.69, 9.17) is 9.84 Å². The maximum Gasteiger partial charge on any atom is 0.324 e. The van der Waals surface area contributed by atoms with Crippen molar-refractivity contribution in [3.63, 3.8) is 0 Å². The summed E-state index contributed by atoms with van der Waals surface area (Å²) in [6.07, 6.45) is 0.722. The fourth-order valence-corrected chi connectivity index (χ4v) is 2.29. The summed E-state index contributed by atoms with van der Waals surface area (Å²) >= 11 is 1.62. The molecule has 2 N–H and O–H groups in total. The molecule has 1 saturated heterocycles. The van der Waals surface area contributed by atoms with Gasteiger partial charge in [-0.15, -0.1) is 11.3 Å². The molecule has 0 saturated carbocycles. The van der Waals surface area contributed by atoms with E-state index >= 15 is 0 Å². The van der Waals surface area contributed by atoms with Crippen LogP contribution in [0, 0.1) is 5.41 Å². The summed E-state index contributed by atoms with van der Waals surface area (Å²) in [5.41, 5.74) is -1.37. The van der Waals surface area contributed by atoms with Crippen LogP contribution in [0.1, 0.15) is 4.88 Å². The maximum atomic E-state index is 11.7. The van der Waals surface area contributed by atoms with E-state index in [9.17, 15) is 9.59 Å². The second kappa shape index (κ2) is 4.85. The average Bonchev–Trinajstić information content (AvgIpc) is 2.67. The lowest BCUT2D eigenvalue weighted by molar-refractivity contribution is -0.185. The monoisotopic (exact) mass is 255 g/mol. The fraction of sp³-hybridized carbons (Fsp3) is 0.455. The lowest BCUT2D eigenvalue weighted by Gasteiger charge is -2.35. The first kappa shape index (κ1) is 12.1. The van der Waals surface area contributed by atoms with E-state index in [2.05, 4.69) is 5.32 Å². The number of ether oxygens (including phenoxy) is 1. The van der Waals surface area contributed by atoms with Gasteiger partial charge in [0.2, 0.25) is 5.91 Å². The van der Waals surface area contributed by atoms with Gasteiger partial charge in [0.05, 0.1) is 13.2 Å². The van der Waals surface area contributed by atoms with E-state index < -0.39 is 17.3 Å². The van der Waals surface area contributed by atoms with Crippen LogP contribution in [0.2, 0.25) is 0 Å². The number of carbonyl (C=O) groups excluding carboxylic acids is 1. The molecule has 0 radical (unpaired) electrons. The predicted octanol–water partition coefficient (Wildman–Crippen LogP) is 0.508. The molecule has 0 spiro atoms. The molecule has 0 aromatic carbocycles. The van der Waals surface area contributed by atoms with E-state index in [1.54, 1.807) is 11.3 Å². The Hall–Kier alpha value is -1.40. The third kappa shape index (κ3) is 2.32. The summed E-state index contributed by atoms with van der Waals surface area (Å²) in [5.74, 6) is -1.56. The van der Waals surface area contributed by atoms with Gasteiger partial charge in [-0.1, -0.05) is 6.07 Å². The topological polar surface area (TPSA) is 75.6 Å². The Balaban J connectivity index is 1.83. The van der Waals surface area contributed by atoms with Gasteiger partial charge in [0, 0.05) is 11.4 Å². The number of hydrogen-bond acceptors (Lipinski definition) is 4. The summed E-state index contributed by atoms with van der Waals surface area (Å²) < 4.78 is 4.83. The van der Waals surface area contributed by atoms with Crippen molar-refractivity contribution in [1.29, 1.82) is 0 Å². The van der Waals surface area contributed by atoms with Gasteiger partial charge in [0.25, 0.3) is 0 Å². The highest BCUT2D eigenvalue weighted by atomic mass is 32.1. The number of thiophene rings is 1. The van der Waals surface area contributed by atoms with Gasteiger partial charge in [-0.2, -0.15) is 0 Å². The van der Waals surface area contributed by atoms with Gasteiger partial charge in [-0.25, -0.2) is 0 Å². The van der Waals surface area contributed by atoms with Crippen LogP contribution in [0.4, 0.5) is 0 Å². The van der Waals surface area contributed by atoms with Gasteiger partial charge in [0.1, 0.15) is 0 Å². The van der Waals surface area contributed by atoms with E-state index in [-0.39, 0.29) is 13.2 Å². The van der Waals surface area contributed by atoms with Crippen molar-refractivity contribution in [2.75, 3.05) is 19.8 Å². The van der Waals surface area contributed by atoms with Crippen LogP contribution in [-0.2, 0) is 20.7 Å². The normalized spacial score (nSPS) is 17.2. The maximum absolute atomic E-state index is 11.7. The number of rotatable bonds is 5. The predicted molar refractivity (Wildman–Crippen MR) is 61.9 cm³/mol. The molecule has 0 aliphatic carbocycles. The molecule has 1 aromatic heterocycles. The van der Waals surface area contributed by atoms with Crippen molar-refractivity contribution in [3.8, 4) is 0 Å². The minimum absolute atomic E-state index is 0.0346. The summed E-state index contributed by atoms with van der Waals surface area (Å²) in [6.45, 7) is 0.384. The van der Waals surface area contributed by atoms with E-state index in [1.807, 2.05) is 17.5 Å². The Kier molecular flexibility index (Phi) is 3.44. The highest BCUT2D eigenvalue weighted by Crippen LogP contribution is 2.27. The minimum Gasteiger partial charge on any atom is -0.480 e. The number of amides is 1. The summed E-state index contributed by atoms with van der Waals surface area (Å²) in [7, 11) is 0. The van der Waals surface area contributed by atoms with Gasteiger partial charge < -0.3 is 15.2 Å². The molecule has 1 amide bonds. The molecule has 1 aromatic rings. The zero-order valence-electron chi connectivity index (χ0n) is 9.14. The minimum atomic E-state index is -1.37. The molecule has 92 valence electrons. The molecule has 0 unspecified atom stereocenters. The number of carbonyl (C=O) groups is 2. The summed E-state index contributed by atoms with van der Waals surface area (Å²) in [5, 5.41) is 13.6. The smallest absolute Gasteiger partial charge is 0.324 e. The third-order valence-corrected chi connectivity index (χ3v) is 3.71. The number of aliphatic carboxylic acids is 1. The molecule has 2 heterocycles. The van der Waals surface area contributed by atoms with Crippen molar-refractivity contribution in [1.82, 2.24) is 5.32 Å². The number of nitrogens with one attached hydrogen (secondary N) is 1. The fourth-order valence-electron chi connectivity index (χ4n) is 1.58. The summed E-state index contributed by atoms with van der Waals surface area (Å²) in [4.78, 5) is 23.9. The second-order valence-corrected chi connectivity index (χ2v) is 5.00. The molecular weight excluding hydrogens is 242 g/mol. The highest BCUT2D eigenvalue weighted by molar-refractivity contribution is 7.09. The van der Waals surface area contributed by atoms with Gasteiger partial charge in [-0.05, 0) is 17.9 Å². The zero-order valence-corrected chi connectivity index (χ0v) is 9.96. The van der Waals surface area contributed by atoms with Crippen molar-refractivity contribution in [2.24, 2.45) is 5.41 Å². The van der Waals surface area contributed by atoms with Gasteiger partial charge in [0.15, 0.2) is 5.41 Å². The third-order valence-electron chi connectivity index (χ3n) is 2.78. The molecule has 1 aliphatic heterocycles. The number of hydrogen-bond donors (Lipinski definition) is 2. The molecule has 1 fully saturated rings.